The summed E-state index contributed by atoms with van der Waals surface area (Å²) in [5.41, 5.74) is 0.633. The summed E-state index contributed by atoms with van der Waals surface area (Å²) in [6.07, 6.45) is 7.93. The van der Waals surface area contributed by atoms with E-state index in [9.17, 15) is 0 Å². The molecule has 0 atom stereocenters. The van der Waals surface area contributed by atoms with Gasteiger partial charge in [-0.25, -0.2) is 0 Å². The maximum atomic E-state index is 6.84. The molecule has 14 heavy (non-hydrogen) atoms. The lowest BCUT2D eigenvalue weighted by molar-refractivity contribution is 0.151. The van der Waals surface area contributed by atoms with Gasteiger partial charge in [0.25, 0.3) is 0 Å². The number of allylic oxidation sites excluding steroid dienone is 2. The fourth-order valence-corrected chi connectivity index (χ4v) is 1.34. The molecule has 0 amide bonds. The average Bonchev–Trinajstić information content (AvgIpc) is 2.21. The molecule has 0 aliphatic carbocycles. The fraction of sp³-hybridized carbons (Fsp3) is 0.500. The van der Waals surface area contributed by atoms with E-state index in [1.54, 1.807) is 6.08 Å². The van der Waals surface area contributed by atoms with Crippen molar-refractivity contribution >= 4 is 15.7 Å². The molecule has 0 aliphatic heterocycles. The SMILES string of the molecule is C#C/C(=C/C=N)NCCOCC[SiH2]C. The summed E-state index contributed by atoms with van der Waals surface area (Å²) in [5, 5.41) is 9.85. The predicted octanol–water partition coefficient (Wildman–Crippen LogP) is 0.394. The largest absolute Gasteiger partial charge is 0.380 e. The van der Waals surface area contributed by atoms with E-state index in [2.05, 4.69) is 17.8 Å². The number of ether oxygens (including phenoxy) is 1. The average molecular weight is 210 g/mol. The van der Waals surface area contributed by atoms with E-state index >= 15 is 0 Å². The van der Waals surface area contributed by atoms with Gasteiger partial charge in [-0.05, 0) is 12.1 Å². The highest BCUT2D eigenvalue weighted by Gasteiger charge is 1.90. The molecule has 2 N–H and O–H groups in total. The zero-order valence-corrected chi connectivity index (χ0v) is 10.1. The van der Waals surface area contributed by atoms with E-state index in [-0.39, 0.29) is 9.52 Å². The standard InChI is InChI=1S/C10H18N2OSi/c1-3-10(4-5-11)12-6-7-13-8-9-14-2/h1,4-5,11-12H,6-9,14H2,2H3/b10-4-,11-5?. The first kappa shape index (κ1) is 12.9. The number of rotatable bonds is 8. The maximum absolute atomic E-state index is 6.84. The highest BCUT2D eigenvalue weighted by Crippen LogP contribution is 1.85. The van der Waals surface area contributed by atoms with Crippen LogP contribution in [-0.4, -0.2) is 35.5 Å². The molecule has 0 aromatic carbocycles. The third-order valence-corrected chi connectivity index (χ3v) is 2.61. The summed E-state index contributed by atoms with van der Waals surface area (Å²) < 4.78 is 5.37. The van der Waals surface area contributed by atoms with Crippen LogP contribution in [-0.2, 0) is 4.74 Å². The highest BCUT2D eigenvalue weighted by atomic mass is 28.2. The summed E-state index contributed by atoms with van der Waals surface area (Å²) in [6, 6.07) is 1.23. The van der Waals surface area contributed by atoms with Crippen molar-refractivity contribution in [3.63, 3.8) is 0 Å². The number of hydrogen-bond donors (Lipinski definition) is 2. The maximum Gasteiger partial charge on any atom is 0.0866 e. The Labute approximate surface area is 88.3 Å². The molecule has 0 saturated heterocycles. The van der Waals surface area contributed by atoms with Crippen molar-refractivity contribution in [1.82, 2.24) is 5.32 Å². The van der Waals surface area contributed by atoms with Crippen LogP contribution in [0.4, 0.5) is 0 Å². The number of hydrogen-bond acceptors (Lipinski definition) is 3. The lowest BCUT2D eigenvalue weighted by atomic mass is 10.4. The molecule has 78 valence electrons. The van der Waals surface area contributed by atoms with Gasteiger partial charge in [0.15, 0.2) is 0 Å². The minimum Gasteiger partial charge on any atom is -0.380 e. The smallest absolute Gasteiger partial charge is 0.0866 e. The number of terminal acetylenes is 1. The molecule has 0 rings (SSSR count). The third kappa shape index (κ3) is 7.59. The van der Waals surface area contributed by atoms with E-state index in [1.165, 1.54) is 12.3 Å². The van der Waals surface area contributed by atoms with Crippen LogP contribution in [0.2, 0.25) is 12.6 Å². The lowest BCUT2D eigenvalue weighted by Gasteiger charge is -2.05. The fourth-order valence-electron chi connectivity index (χ4n) is 0.848. The Bertz CT molecular complexity index is 221. The molecular weight excluding hydrogens is 192 g/mol. The summed E-state index contributed by atoms with van der Waals surface area (Å²) in [4.78, 5) is 0. The first-order valence-corrected chi connectivity index (χ1v) is 7.25. The van der Waals surface area contributed by atoms with Crippen LogP contribution in [0.25, 0.3) is 0 Å². The molecule has 0 aromatic heterocycles. The summed E-state index contributed by atoms with van der Waals surface area (Å²) in [6.45, 7) is 4.51. The van der Waals surface area contributed by atoms with Crippen molar-refractivity contribution in [2.75, 3.05) is 19.8 Å². The van der Waals surface area contributed by atoms with Crippen molar-refractivity contribution in [2.24, 2.45) is 0 Å². The minimum absolute atomic E-state index is 0.133. The quantitative estimate of drug-likeness (QED) is 0.263. The van der Waals surface area contributed by atoms with Crippen LogP contribution >= 0.6 is 0 Å². The van der Waals surface area contributed by atoms with Gasteiger partial charge in [0.2, 0.25) is 0 Å². The van der Waals surface area contributed by atoms with Crippen LogP contribution in [0, 0.1) is 17.8 Å². The van der Waals surface area contributed by atoms with Gasteiger partial charge in [-0.1, -0.05) is 12.5 Å². The molecule has 0 bridgehead atoms. The zero-order valence-electron chi connectivity index (χ0n) is 8.68. The Morgan fingerprint density at radius 1 is 1.64 bits per heavy atom. The van der Waals surface area contributed by atoms with Crippen LogP contribution in [0.1, 0.15) is 0 Å². The summed E-state index contributed by atoms with van der Waals surface area (Å²) >= 11 is 0. The van der Waals surface area contributed by atoms with E-state index in [0.717, 1.165) is 6.61 Å². The van der Waals surface area contributed by atoms with E-state index in [1.807, 2.05) is 0 Å². The topological polar surface area (TPSA) is 45.1 Å². The second-order valence-electron chi connectivity index (χ2n) is 2.78. The second-order valence-corrected chi connectivity index (χ2v) is 4.49. The molecule has 0 saturated carbocycles. The monoisotopic (exact) mass is 210 g/mol. The Morgan fingerprint density at radius 3 is 3.00 bits per heavy atom. The van der Waals surface area contributed by atoms with Gasteiger partial charge >= 0.3 is 0 Å². The van der Waals surface area contributed by atoms with Crippen molar-refractivity contribution in [1.29, 1.82) is 5.41 Å². The Balaban J connectivity index is 3.39. The molecule has 0 fully saturated rings. The molecule has 0 unspecified atom stereocenters. The lowest BCUT2D eigenvalue weighted by Crippen LogP contribution is -2.19. The van der Waals surface area contributed by atoms with E-state index in [4.69, 9.17) is 16.6 Å². The van der Waals surface area contributed by atoms with Crippen molar-refractivity contribution in [3.8, 4) is 12.3 Å². The minimum atomic E-state index is 0.133. The zero-order chi connectivity index (χ0) is 10.6. The van der Waals surface area contributed by atoms with Crippen LogP contribution in [0.3, 0.4) is 0 Å². The third-order valence-electron chi connectivity index (χ3n) is 1.61. The van der Waals surface area contributed by atoms with Gasteiger partial charge in [-0.15, -0.1) is 6.42 Å². The van der Waals surface area contributed by atoms with Gasteiger partial charge in [0.1, 0.15) is 0 Å². The van der Waals surface area contributed by atoms with E-state index in [0.29, 0.717) is 18.8 Å². The van der Waals surface area contributed by atoms with Crippen molar-refractivity contribution in [3.05, 3.63) is 11.8 Å². The molecule has 0 aromatic rings. The molecular formula is C10H18N2OSi. The van der Waals surface area contributed by atoms with Crippen LogP contribution in [0.5, 0.6) is 0 Å². The predicted molar refractivity (Wildman–Crippen MR) is 63.7 cm³/mol. The van der Waals surface area contributed by atoms with Gasteiger partial charge in [-0.3, -0.25) is 0 Å². The first-order valence-electron chi connectivity index (χ1n) is 4.84. The Kier molecular flexibility index (Phi) is 9.28. The van der Waals surface area contributed by atoms with Crippen molar-refractivity contribution in [2.45, 2.75) is 12.6 Å². The molecule has 3 nitrogen and oxygen atoms in total. The van der Waals surface area contributed by atoms with Crippen LogP contribution < -0.4 is 5.32 Å². The second kappa shape index (κ2) is 10.0. The van der Waals surface area contributed by atoms with Gasteiger partial charge in [0.05, 0.1) is 12.3 Å². The molecule has 0 radical (unpaired) electrons. The first-order chi connectivity index (χ1) is 6.85. The van der Waals surface area contributed by atoms with Gasteiger partial charge in [-0.2, -0.15) is 0 Å². The molecule has 0 aliphatic rings. The van der Waals surface area contributed by atoms with Crippen molar-refractivity contribution < 1.29 is 4.74 Å². The summed E-state index contributed by atoms with van der Waals surface area (Å²) in [5.74, 6) is 2.46. The molecule has 0 spiro atoms. The normalized spacial score (nSPS) is 11.6. The number of nitrogens with one attached hydrogen (secondary N) is 2. The molecule has 4 heteroatoms. The van der Waals surface area contributed by atoms with Crippen LogP contribution in [0.15, 0.2) is 11.8 Å². The Morgan fingerprint density at radius 2 is 2.43 bits per heavy atom. The highest BCUT2D eigenvalue weighted by molar-refractivity contribution is 6.33. The molecule has 0 heterocycles. The van der Waals surface area contributed by atoms with Gasteiger partial charge < -0.3 is 15.5 Å². The van der Waals surface area contributed by atoms with Gasteiger partial charge in [0, 0.05) is 28.9 Å². The Hall–Kier alpha value is -1.05. The summed E-state index contributed by atoms with van der Waals surface area (Å²) in [7, 11) is 0.133. The van der Waals surface area contributed by atoms with E-state index < -0.39 is 0 Å².